The van der Waals surface area contributed by atoms with E-state index in [4.69, 9.17) is 0 Å². The first kappa shape index (κ1) is 19.9. The zero-order valence-electron chi connectivity index (χ0n) is 16.6. The Balaban J connectivity index is 1.99. The van der Waals surface area contributed by atoms with Crippen LogP contribution < -0.4 is 5.32 Å². The molecule has 5 heteroatoms. The first-order valence-electron chi connectivity index (χ1n) is 8.99. The van der Waals surface area contributed by atoms with Crippen LogP contribution in [0, 0.1) is 27.7 Å². The lowest BCUT2D eigenvalue weighted by atomic mass is 10.1. The number of hydrogen-bond acceptors (Lipinski definition) is 3. The molecule has 0 aliphatic carbocycles. The van der Waals surface area contributed by atoms with Crippen molar-refractivity contribution in [3.63, 3.8) is 0 Å². The lowest BCUT2D eigenvalue weighted by molar-refractivity contribution is -0.116. The molecule has 1 heterocycles. The molecule has 0 aliphatic heterocycles. The first-order chi connectivity index (χ1) is 12.2. The normalized spacial score (nSPS) is 11.0. The summed E-state index contributed by atoms with van der Waals surface area (Å²) in [5.41, 5.74) is 5.73. The molecular weight excluding hydrogens is 326 g/mol. The molecule has 1 amide bonds. The fourth-order valence-corrected chi connectivity index (χ4v) is 3.39. The molecule has 0 bridgehead atoms. The number of amides is 1. The van der Waals surface area contributed by atoms with E-state index < -0.39 is 0 Å². The Bertz CT molecular complexity index is 801. The quantitative estimate of drug-likeness (QED) is 0.774. The minimum atomic E-state index is -0.114. The third-order valence-corrected chi connectivity index (χ3v) is 4.76. The highest BCUT2D eigenvalue weighted by Gasteiger charge is 2.18. The van der Waals surface area contributed by atoms with Crippen LogP contribution in [0.5, 0.6) is 0 Å². The smallest absolute Gasteiger partial charge is 0.238 e. The number of nitrogens with zero attached hydrogens (tertiary/aromatic N) is 2. The van der Waals surface area contributed by atoms with Gasteiger partial charge in [0, 0.05) is 29.2 Å². The molecule has 0 fully saturated rings. The Hall–Kier alpha value is -2.40. The van der Waals surface area contributed by atoms with Crippen LogP contribution in [-0.4, -0.2) is 41.3 Å². The van der Waals surface area contributed by atoms with E-state index in [-0.39, 0.29) is 24.8 Å². The number of para-hydroxylation sites is 1. The van der Waals surface area contributed by atoms with Crippen LogP contribution in [0.25, 0.3) is 0 Å². The fourth-order valence-electron chi connectivity index (χ4n) is 3.39. The Kier molecular flexibility index (Phi) is 6.37. The third-order valence-electron chi connectivity index (χ3n) is 4.76. The lowest BCUT2D eigenvalue weighted by Crippen LogP contribution is -2.34. The maximum Gasteiger partial charge on any atom is 0.238 e. The van der Waals surface area contributed by atoms with Gasteiger partial charge in [0.05, 0.1) is 13.1 Å². The van der Waals surface area contributed by atoms with Gasteiger partial charge in [-0.05, 0) is 58.9 Å². The fraction of sp³-hybridized carbons (Fsp3) is 0.429. The second-order valence-corrected chi connectivity index (χ2v) is 6.94. The Morgan fingerprint density at radius 1 is 1.08 bits per heavy atom. The summed E-state index contributed by atoms with van der Waals surface area (Å²) in [6.07, 6.45) is 0. The van der Waals surface area contributed by atoms with Gasteiger partial charge in [-0.25, -0.2) is 0 Å². The van der Waals surface area contributed by atoms with Crippen LogP contribution in [0.4, 0.5) is 5.69 Å². The summed E-state index contributed by atoms with van der Waals surface area (Å²) in [6.45, 7) is 11.2. The summed E-state index contributed by atoms with van der Waals surface area (Å²) in [4.78, 5) is 26.7. The number of likely N-dealkylation sites (N-methyl/N-ethyl adjacent to an activating group) is 1. The number of anilines is 1. The summed E-state index contributed by atoms with van der Waals surface area (Å²) in [7, 11) is 1.79. The van der Waals surface area contributed by atoms with Crippen molar-refractivity contribution in [3.05, 3.63) is 52.3 Å². The number of Topliss-reactive ketones (excluding diaryl/α,β-unsaturated/α-hetero) is 1. The van der Waals surface area contributed by atoms with Crippen LogP contribution in [0.15, 0.2) is 24.3 Å². The zero-order valence-corrected chi connectivity index (χ0v) is 16.6. The van der Waals surface area contributed by atoms with E-state index >= 15 is 0 Å². The molecule has 1 N–H and O–H groups in total. The molecule has 1 aromatic carbocycles. The number of aromatic nitrogens is 1. The molecule has 0 atom stereocenters. The number of ketones is 1. The average Bonchev–Trinajstić information content (AvgIpc) is 2.85. The number of carbonyl (C=O) groups is 2. The van der Waals surface area contributed by atoms with Gasteiger partial charge in [-0.1, -0.05) is 18.2 Å². The second kappa shape index (κ2) is 8.32. The minimum Gasteiger partial charge on any atom is -0.349 e. The summed E-state index contributed by atoms with van der Waals surface area (Å²) < 4.78 is 2.13. The number of hydrogen-bond donors (Lipinski definition) is 1. The van der Waals surface area contributed by atoms with Crippen molar-refractivity contribution in [1.82, 2.24) is 9.47 Å². The zero-order chi connectivity index (χ0) is 19.4. The van der Waals surface area contributed by atoms with Crippen LogP contribution in [0.2, 0.25) is 0 Å². The molecule has 2 aromatic rings. The van der Waals surface area contributed by atoms with Crippen molar-refractivity contribution in [2.45, 2.75) is 41.2 Å². The Labute approximate surface area is 156 Å². The SMILES string of the molecule is CCn1c(C)cc(C(=O)CN(C)CC(=O)Nc2c(C)cccc2C)c1C. The average molecular weight is 355 g/mol. The third kappa shape index (κ3) is 4.41. The predicted octanol–water partition coefficient (Wildman–Crippen LogP) is 3.49. The summed E-state index contributed by atoms with van der Waals surface area (Å²) in [5, 5.41) is 2.96. The van der Waals surface area contributed by atoms with E-state index in [1.807, 2.05) is 52.0 Å². The van der Waals surface area contributed by atoms with Crippen molar-refractivity contribution >= 4 is 17.4 Å². The van der Waals surface area contributed by atoms with Crippen molar-refractivity contribution in [2.24, 2.45) is 0 Å². The standard InChI is InChI=1S/C21H29N3O2/c1-7-24-16(4)11-18(17(24)5)19(25)12-23(6)13-20(26)22-21-14(2)9-8-10-15(21)3/h8-11H,7,12-13H2,1-6H3,(H,22,26). The van der Waals surface area contributed by atoms with Crippen molar-refractivity contribution in [1.29, 1.82) is 0 Å². The van der Waals surface area contributed by atoms with Gasteiger partial charge in [0.15, 0.2) is 5.78 Å². The van der Waals surface area contributed by atoms with E-state index in [1.54, 1.807) is 11.9 Å². The number of rotatable bonds is 7. The molecule has 0 unspecified atom stereocenters. The van der Waals surface area contributed by atoms with Crippen LogP contribution >= 0.6 is 0 Å². The van der Waals surface area contributed by atoms with E-state index in [9.17, 15) is 9.59 Å². The molecule has 0 radical (unpaired) electrons. The molecule has 2 rings (SSSR count). The number of carbonyl (C=O) groups excluding carboxylic acids is 2. The number of nitrogens with one attached hydrogen (secondary N) is 1. The summed E-state index contributed by atoms with van der Waals surface area (Å²) in [5.74, 6) is -0.0723. The van der Waals surface area contributed by atoms with Gasteiger partial charge in [0.25, 0.3) is 0 Å². The van der Waals surface area contributed by atoms with Gasteiger partial charge in [-0.15, -0.1) is 0 Å². The van der Waals surface area contributed by atoms with Gasteiger partial charge in [-0.2, -0.15) is 0 Å². The summed E-state index contributed by atoms with van der Waals surface area (Å²) in [6, 6.07) is 7.85. The lowest BCUT2D eigenvalue weighted by Gasteiger charge is -2.17. The number of aryl methyl sites for hydroxylation is 3. The Morgan fingerprint density at radius 2 is 1.69 bits per heavy atom. The minimum absolute atomic E-state index is 0.0418. The van der Waals surface area contributed by atoms with Crippen molar-refractivity contribution in [3.8, 4) is 0 Å². The maximum absolute atomic E-state index is 12.6. The molecule has 0 saturated heterocycles. The molecule has 0 aliphatic rings. The predicted molar refractivity (Wildman–Crippen MR) is 106 cm³/mol. The molecule has 0 saturated carbocycles. The summed E-state index contributed by atoms with van der Waals surface area (Å²) >= 11 is 0. The van der Waals surface area contributed by atoms with Gasteiger partial charge in [0.2, 0.25) is 5.91 Å². The molecule has 26 heavy (non-hydrogen) atoms. The van der Waals surface area contributed by atoms with E-state index in [1.165, 1.54) is 0 Å². The molecular formula is C21H29N3O2. The molecule has 140 valence electrons. The van der Waals surface area contributed by atoms with Crippen LogP contribution in [-0.2, 0) is 11.3 Å². The largest absolute Gasteiger partial charge is 0.349 e. The highest BCUT2D eigenvalue weighted by Crippen LogP contribution is 2.19. The van der Waals surface area contributed by atoms with Crippen molar-refractivity contribution in [2.75, 3.05) is 25.5 Å². The van der Waals surface area contributed by atoms with Gasteiger partial charge in [0.1, 0.15) is 0 Å². The van der Waals surface area contributed by atoms with E-state index in [0.29, 0.717) is 0 Å². The topological polar surface area (TPSA) is 54.3 Å². The highest BCUT2D eigenvalue weighted by atomic mass is 16.2. The first-order valence-corrected chi connectivity index (χ1v) is 8.99. The van der Waals surface area contributed by atoms with Gasteiger partial charge >= 0.3 is 0 Å². The maximum atomic E-state index is 12.6. The van der Waals surface area contributed by atoms with Crippen molar-refractivity contribution < 1.29 is 9.59 Å². The molecule has 1 aromatic heterocycles. The highest BCUT2D eigenvalue weighted by molar-refractivity contribution is 5.99. The van der Waals surface area contributed by atoms with Gasteiger partial charge in [-0.3, -0.25) is 14.5 Å². The van der Waals surface area contributed by atoms with Crippen LogP contribution in [0.3, 0.4) is 0 Å². The van der Waals surface area contributed by atoms with Crippen LogP contribution in [0.1, 0.15) is 39.8 Å². The second-order valence-electron chi connectivity index (χ2n) is 6.94. The van der Waals surface area contributed by atoms with E-state index in [2.05, 4.69) is 16.8 Å². The Morgan fingerprint density at radius 3 is 2.23 bits per heavy atom. The van der Waals surface area contributed by atoms with Gasteiger partial charge < -0.3 is 9.88 Å². The van der Waals surface area contributed by atoms with E-state index in [0.717, 1.165) is 40.3 Å². The monoisotopic (exact) mass is 355 g/mol. The molecule has 5 nitrogen and oxygen atoms in total. The molecule has 0 spiro atoms. The number of benzene rings is 1.